The fraction of sp³-hybridized carbons (Fsp3) is 1.00. The quantitative estimate of drug-likeness (QED) is 0.521. The van der Waals surface area contributed by atoms with Crippen molar-refractivity contribution in [2.24, 2.45) is 0 Å². The second-order valence-electron chi connectivity index (χ2n) is 0.812. The molecule has 0 spiro atoms. The van der Waals surface area contributed by atoms with Crippen molar-refractivity contribution in [3.05, 3.63) is 0 Å². The molecule has 0 saturated heterocycles. The molecule has 0 amide bonds. The monoisotopic (exact) mass is 141 g/mol. The van der Waals surface area contributed by atoms with Crippen LogP contribution >= 0.6 is 7.82 Å². The van der Waals surface area contributed by atoms with E-state index in [1.807, 2.05) is 0 Å². The number of phosphoric ester groups is 1. The second-order valence-corrected chi connectivity index (χ2v) is 2.44. The largest absolute Gasteiger partial charge is 0.756 e. The molecule has 0 atom stereocenters. The van der Waals surface area contributed by atoms with Gasteiger partial charge < -0.3 is 13.9 Å². The minimum atomic E-state index is -3.90. The summed E-state index contributed by atoms with van der Waals surface area (Å²) < 4.78 is 17.7. The molecule has 52 valence electrons. The zero-order valence-electron chi connectivity index (χ0n) is 4.08. The smallest absolute Gasteiger partial charge is 0.267 e. The SMILES string of the molecule is C.COP(=O)([O-])OC. The first-order valence-corrected chi connectivity index (χ1v) is 3.01. The van der Waals surface area contributed by atoms with E-state index in [-0.39, 0.29) is 7.43 Å². The lowest BCUT2D eigenvalue weighted by molar-refractivity contribution is -0.220. The lowest BCUT2D eigenvalue weighted by atomic mass is 11.8. The van der Waals surface area contributed by atoms with Gasteiger partial charge in [-0.3, -0.25) is 4.57 Å². The van der Waals surface area contributed by atoms with Gasteiger partial charge in [-0.15, -0.1) is 0 Å². The molecule has 0 N–H and O–H groups in total. The summed E-state index contributed by atoms with van der Waals surface area (Å²) in [6, 6.07) is 0. The van der Waals surface area contributed by atoms with Gasteiger partial charge in [-0.1, -0.05) is 7.43 Å². The fourth-order valence-electron chi connectivity index (χ4n) is 0.0745. The summed E-state index contributed by atoms with van der Waals surface area (Å²) in [5.74, 6) is 0. The summed E-state index contributed by atoms with van der Waals surface area (Å²) >= 11 is 0. The van der Waals surface area contributed by atoms with Gasteiger partial charge in [0.25, 0.3) is 7.82 Å². The van der Waals surface area contributed by atoms with Gasteiger partial charge in [-0.25, -0.2) is 0 Å². The van der Waals surface area contributed by atoms with Crippen molar-refractivity contribution in [2.75, 3.05) is 14.2 Å². The fourth-order valence-corrected chi connectivity index (χ4v) is 0.224. The van der Waals surface area contributed by atoms with E-state index in [0.29, 0.717) is 0 Å². The highest BCUT2D eigenvalue weighted by molar-refractivity contribution is 7.45. The van der Waals surface area contributed by atoms with E-state index in [9.17, 15) is 9.46 Å². The Morgan fingerprint density at radius 1 is 1.38 bits per heavy atom. The third kappa shape index (κ3) is 4.27. The average Bonchev–Trinajstić information content (AvgIpc) is 1.68. The number of hydrogen-bond donors (Lipinski definition) is 0. The van der Waals surface area contributed by atoms with Crippen LogP contribution < -0.4 is 4.89 Å². The standard InChI is InChI=1S/C2H7O4P.CH4/c1-5-7(3,4)6-2;/h1-2H3,(H,3,4);1H4/p-1. The zero-order valence-corrected chi connectivity index (χ0v) is 4.97. The van der Waals surface area contributed by atoms with E-state index < -0.39 is 7.82 Å². The molecule has 8 heavy (non-hydrogen) atoms. The molecule has 0 aliphatic carbocycles. The highest BCUT2D eigenvalue weighted by Crippen LogP contribution is 2.34. The topological polar surface area (TPSA) is 58.6 Å². The van der Waals surface area contributed by atoms with Gasteiger partial charge in [-0.05, 0) is 0 Å². The van der Waals surface area contributed by atoms with Crippen molar-refractivity contribution in [1.82, 2.24) is 0 Å². The highest BCUT2D eigenvalue weighted by Gasteiger charge is 1.98. The van der Waals surface area contributed by atoms with Gasteiger partial charge >= 0.3 is 0 Å². The zero-order chi connectivity index (χ0) is 5.91. The van der Waals surface area contributed by atoms with E-state index in [1.54, 1.807) is 0 Å². The predicted molar refractivity (Wildman–Crippen MR) is 28.4 cm³/mol. The predicted octanol–water partition coefficient (Wildman–Crippen LogP) is 0.384. The molecular weight excluding hydrogens is 131 g/mol. The highest BCUT2D eigenvalue weighted by atomic mass is 31.2. The lowest BCUT2D eigenvalue weighted by Crippen LogP contribution is -2.02. The molecular formula is C3H10O4P-. The normalized spacial score (nSPS) is 10.4. The molecule has 0 saturated carbocycles. The van der Waals surface area contributed by atoms with Gasteiger partial charge in [0, 0.05) is 14.2 Å². The first-order chi connectivity index (χ1) is 3.12. The van der Waals surface area contributed by atoms with Crippen molar-refractivity contribution in [3.8, 4) is 0 Å². The maximum atomic E-state index is 9.95. The molecule has 0 aliphatic heterocycles. The van der Waals surface area contributed by atoms with Crippen LogP contribution in [0.15, 0.2) is 0 Å². The Morgan fingerprint density at radius 3 is 1.62 bits per heavy atom. The Morgan fingerprint density at radius 2 is 1.62 bits per heavy atom. The molecule has 0 aromatic rings. The third-order valence-corrected chi connectivity index (χ3v) is 1.34. The van der Waals surface area contributed by atoms with Gasteiger partial charge in [0.2, 0.25) is 0 Å². The summed E-state index contributed by atoms with van der Waals surface area (Å²) in [5.41, 5.74) is 0. The molecule has 0 unspecified atom stereocenters. The maximum absolute atomic E-state index is 9.95. The van der Waals surface area contributed by atoms with Crippen LogP contribution in [-0.2, 0) is 13.6 Å². The van der Waals surface area contributed by atoms with Crippen LogP contribution in [0.2, 0.25) is 0 Å². The minimum Gasteiger partial charge on any atom is -0.756 e. The molecule has 0 aliphatic rings. The van der Waals surface area contributed by atoms with Crippen LogP contribution in [-0.4, -0.2) is 14.2 Å². The van der Waals surface area contributed by atoms with E-state index >= 15 is 0 Å². The van der Waals surface area contributed by atoms with Crippen molar-refractivity contribution >= 4 is 7.82 Å². The van der Waals surface area contributed by atoms with Crippen LogP contribution in [0.25, 0.3) is 0 Å². The number of phosphoric acid groups is 1. The van der Waals surface area contributed by atoms with Crippen LogP contribution in [0, 0.1) is 0 Å². The van der Waals surface area contributed by atoms with Crippen molar-refractivity contribution in [1.29, 1.82) is 0 Å². The van der Waals surface area contributed by atoms with Crippen molar-refractivity contribution in [2.45, 2.75) is 7.43 Å². The van der Waals surface area contributed by atoms with E-state index in [2.05, 4.69) is 9.05 Å². The summed E-state index contributed by atoms with van der Waals surface area (Å²) in [6.45, 7) is 0. The van der Waals surface area contributed by atoms with E-state index in [4.69, 9.17) is 0 Å². The van der Waals surface area contributed by atoms with Crippen molar-refractivity contribution < 1.29 is 18.5 Å². The third-order valence-electron chi connectivity index (χ3n) is 0.447. The Labute approximate surface area is 49.0 Å². The van der Waals surface area contributed by atoms with Crippen LogP contribution in [0.4, 0.5) is 0 Å². The minimum absolute atomic E-state index is 0. The van der Waals surface area contributed by atoms with Gasteiger partial charge in [0.05, 0.1) is 0 Å². The Hall–Kier alpha value is 0.110. The summed E-state index contributed by atoms with van der Waals surface area (Å²) in [4.78, 5) is 9.95. The average molecular weight is 141 g/mol. The molecule has 0 aromatic carbocycles. The molecule has 0 radical (unpaired) electrons. The molecule has 5 heteroatoms. The van der Waals surface area contributed by atoms with Gasteiger partial charge in [0.15, 0.2) is 0 Å². The van der Waals surface area contributed by atoms with Crippen LogP contribution in [0.5, 0.6) is 0 Å². The molecule has 0 heterocycles. The van der Waals surface area contributed by atoms with E-state index in [0.717, 1.165) is 14.2 Å². The lowest BCUT2D eigenvalue weighted by Gasteiger charge is -2.16. The Bertz CT molecular complexity index is 83.3. The van der Waals surface area contributed by atoms with Gasteiger partial charge in [-0.2, -0.15) is 0 Å². The second kappa shape index (κ2) is 4.04. The molecule has 0 rings (SSSR count). The van der Waals surface area contributed by atoms with Crippen LogP contribution in [0.3, 0.4) is 0 Å². The number of hydrogen-bond acceptors (Lipinski definition) is 4. The first-order valence-electron chi connectivity index (χ1n) is 1.55. The van der Waals surface area contributed by atoms with Crippen molar-refractivity contribution in [3.63, 3.8) is 0 Å². The first kappa shape index (κ1) is 11.0. The molecule has 0 aromatic heterocycles. The summed E-state index contributed by atoms with van der Waals surface area (Å²) in [5, 5.41) is 0. The molecule has 0 fully saturated rings. The maximum Gasteiger partial charge on any atom is 0.267 e. The summed E-state index contributed by atoms with van der Waals surface area (Å²) in [6.07, 6.45) is 0. The van der Waals surface area contributed by atoms with Gasteiger partial charge in [0.1, 0.15) is 0 Å². The van der Waals surface area contributed by atoms with Crippen LogP contribution in [0.1, 0.15) is 7.43 Å². The Balaban J connectivity index is 0. The Kier molecular flexibility index (Phi) is 5.54. The number of rotatable bonds is 2. The van der Waals surface area contributed by atoms with E-state index in [1.165, 1.54) is 0 Å². The molecule has 4 nitrogen and oxygen atoms in total. The summed E-state index contributed by atoms with van der Waals surface area (Å²) in [7, 11) is -1.83. The molecule has 0 bridgehead atoms.